The molecule has 0 saturated heterocycles. The standard InChI is InChI=1S/C10H20BrNO3S/c1-12(16(13,14)8-7-15-2)10-6-4-3-5-9(10)11/h9-10H,3-8H2,1-2H3. The van der Waals surface area contributed by atoms with Gasteiger partial charge in [-0.15, -0.1) is 0 Å². The molecule has 16 heavy (non-hydrogen) atoms. The smallest absolute Gasteiger partial charge is 0.216 e. The van der Waals surface area contributed by atoms with Crippen molar-refractivity contribution in [1.82, 2.24) is 4.31 Å². The van der Waals surface area contributed by atoms with Crippen molar-refractivity contribution in [2.24, 2.45) is 0 Å². The second-order valence-corrected chi connectivity index (χ2v) is 7.52. The minimum atomic E-state index is -3.18. The molecule has 0 spiro atoms. The zero-order valence-corrected chi connectivity index (χ0v) is 12.3. The fraction of sp³-hybridized carbons (Fsp3) is 1.00. The summed E-state index contributed by atoms with van der Waals surface area (Å²) in [6.07, 6.45) is 4.28. The number of rotatable bonds is 5. The first kappa shape index (κ1) is 14.4. The topological polar surface area (TPSA) is 46.6 Å². The number of halogens is 1. The van der Waals surface area contributed by atoms with E-state index in [0.29, 0.717) is 0 Å². The molecule has 1 fully saturated rings. The van der Waals surface area contributed by atoms with Crippen LogP contribution in [0.3, 0.4) is 0 Å². The van der Waals surface area contributed by atoms with Crippen LogP contribution in [0.15, 0.2) is 0 Å². The Morgan fingerprint density at radius 2 is 2.00 bits per heavy atom. The molecule has 2 unspecified atom stereocenters. The summed E-state index contributed by atoms with van der Waals surface area (Å²) in [6, 6.07) is 0.0932. The van der Waals surface area contributed by atoms with Crippen LogP contribution in [0.5, 0.6) is 0 Å². The molecule has 0 bridgehead atoms. The normalized spacial score (nSPS) is 27.2. The Morgan fingerprint density at radius 1 is 1.38 bits per heavy atom. The maximum Gasteiger partial charge on any atom is 0.216 e. The maximum atomic E-state index is 12.0. The molecule has 0 aliphatic heterocycles. The van der Waals surface area contributed by atoms with E-state index >= 15 is 0 Å². The molecule has 0 aromatic rings. The van der Waals surface area contributed by atoms with Gasteiger partial charge >= 0.3 is 0 Å². The van der Waals surface area contributed by atoms with Crippen LogP contribution in [0, 0.1) is 0 Å². The van der Waals surface area contributed by atoms with Crippen LogP contribution >= 0.6 is 15.9 Å². The third-order valence-corrected chi connectivity index (χ3v) is 6.00. The van der Waals surface area contributed by atoms with E-state index in [1.165, 1.54) is 17.8 Å². The first-order valence-electron chi connectivity index (χ1n) is 5.57. The lowest BCUT2D eigenvalue weighted by atomic mass is 9.96. The van der Waals surface area contributed by atoms with Crippen molar-refractivity contribution >= 4 is 26.0 Å². The fourth-order valence-corrected chi connectivity index (χ4v) is 4.44. The zero-order chi connectivity index (χ0) is 12.2. The zero-order valence-electron chi connectivity index (χ0n) is 9.86. The first-order valence-corrected chi connectivity index (χ1v) is 8.10. The van der Waals surface area contributed by atoms with E-state index in [0.717, 1.165) is 19.3 Å². The third-order valence-electron chi connectivity index (χ3n) is 3.10. The van der Waals surface area contributed by atoms with E-state index in [1.54, 1.807) is 7.05 Å². The average Bonchev–Trinajstić information content (AvgIpc) is 2.26. The van der Waals surface area contributed by atoms with Crippen molar-refractivity contribution in [3.05, 3.63) is 0 Å². The van der Waals surface area contributed by atoms with Crippen molar-refractivity contribution in [1.29, 1.82) is 0 Å². The van der Waals surface area contributed by atoms with Gasteiger partial charge in [-0.2, -0.15) is 0 Å². The molecular weight excluding hydrogens is 294 g/mol. The summed E-state index contributed by atoms with van der Waals surface area (Å²) in [5.74, 6) is 0.0657. The van der Waals surface area contributed by atoms with E-state index in [-0.39, 0.29) is 23.2 Å². The van der Waals surface area contributed by atoms with Gasteiger partial charge in [0, 0.05) is 25.0 Å². The molecule has 0 aromatic carbocycles. The van der Waals surface area contributed by atoms with E-state index in [1.807, 2.05) is 0 Å². The summed E-state index contributed by atoms with van der Waals surface area (Å²) in [7, 11) is 0.0165. The third kappa shape index (κ3) is 3.68. The molecule has 0 amide bonds. The molecule has 6 heteroatoms. The molecule has 2 atom stereocenters. The highest BCUT2D eigenvalue weighted by atomic mass is 79.9. The monoisotopic (exact) mass is 313 g/mol. The SMILES string of the molecule is COCCS(=O)(=O)N(C)C1CCCCC1Br. The molecule has 1 saturated carbocycles. The summed E-state index contributed by atoms with van der Waals surface area (Å²) in [5, 5.41) is 0. The quantitative estimate of drug-likeness (QED) is 0.724. The minimum absolute atomic E-state index is 0.0657. The number of hydrogen-bond donors (Lipinski definition) is 0. The molecule has 96 valence electrons. The van der Waals surface area contributed by atoms with Crippen LogP contribution in [0.25, 0.3) is 0 Å². The van der Waals surface area contributed by atoms with Gasteiger partial charge in [-0.05, 0) is 12.8 Å². The summed E-state index contributed by atoms with van der Waals surface area (Å²) < 4.78 is 30.3. The summed E-state index contributed by atoms with van der Waals surface area (Å²) in [6.45, 7) is 0.256. The van der Waals surface area contributed by atoms with Crippen LogP contribution in [-0.2, 0) is 14.8 Å². The molecule has 0 aromatic heterocycles. The highest BCUT2D eigenvalue weighted by Gasteiger charge is 2.32. The molecule has 0 radical (unpaired) electrons. The van der Waals surface area contributed by atoms with Gasteiger partial charge in [-0.1, -0.05) is 28.8 Å². The number of hydrogen-bond acceptors (Lipinski definition) is 3. The number of ether oxygens (including phenoxy) is 1. The fourth-order valence-electron chi connectivity index (χ4n) is 2.01. The van der Waals surface area contributed by atoms with Gasteiger partial charge in [0.05, 0.1) is 12.4 Å². The van der Waals surface area contributed by atoms with E-state index in [4.69, 9.17) is 4.74 Å². The number of sulfonamides is 1. The average molecular weight is 314 g/mol. The Labute approximate surface area is 107 Å². The lowest BCUT2D eigenvalue weighted by molar-refractivity contribution is 0.214. The maximum absolute atomic E-state index is 12.0. The van der Waals surface area contributed by atoms with Gasteiger partial charge in [0.25, 0.3) is 0 Å². The molecule has 4 nitrogen and oxygen atoms in total. The van der Waals surface area contributed by atoms with E-state index < -0.39 is 10.0 Å². The van der Waals surface area contributed by atoms with Crippen LogP contribution in [0.2, 0.25) is 0 Å². The predicted molar refractivity (Wildman–Crippen MR) is 68.4 cm³/mol. The van der Waals surface area contributed by atoms with Gasteiger partial charge in [0.1, 0.15) is 0 Å². The van der Waals surface area contributed by atoms with Crippen molar-refractivity contribution in [3.63, 3.8) is 0 Å². The van der Waals surface area contributed by atoms with Crippen LogP contribution in [-0.4, -0.2) is 50.1 Å². The van der Waals surface area contributed by atoms with Crippen molar-refractivity contribution in [2.45, 2.75) is 36.6 Å². The molecular formula is C10H20BrNO3S. The Bertz CT molecular complexity index is 307. The minimum Gasteiger partial charge on any atom is -0.384 e. The predicted octanol–water partition coefficient (Wildman–Crippen LogP) is 1.60. The molecule has 0 heterocycles. The number of alkyl halides is 1. The lowest BCUT2D eigenvalue weighted by Crippen LogP contribution is -2.45. The highest BCUT2D eigenvalue weighted by Crippen LogP contribution is 2.29. The van der Waals surface area contributed by atoms with Gasteiger partial charge in [0.2, 0.25) is 10.0 Å². The Kier molecular flexibility index (Phi) is 5.70. The Balaban J connectivity index is 2.64. The first-order chi connectivity index (χ1) is 7.49. The number of nitrogens with zero attached hydrogens (tertiary/aromatic N) is 1. The van der Waals surface area contributed by atoms with Crippen LogP contribution in [0.4, 0.5) is 0 Å². The van der Waals surface area contributed by atoms with Gasteiger partial charge in [0.15, 0.2) is 0 Å². The molecule has 1 aliphatic carbocycles. The van der Waals surface area contributed by atoms with Crippen molar-refractivity contribution in [3.8, 4) is 0 Å². The second-order valence-electron chi connectivity index (χ2n) is 4.19. The van der Waals surface area contributed by atoms with Crippen LogP contribution < -0.4 is 0 Å². The summed E-state index contributed by atoms with van der Waals surface area (Å²) >= 11 is 3.58. The van der Waals surface area contributed by atoms with Gasteiger partial charge < -0.3 is 4.74 Å². The molecule has 1 rings (SSSR count). The molecule has 1 aliphatic rings. The summed E-state index contributed by atoms with van der Waals surface area (Å²) in [4.78, 5) is 0.281. The molecule has 0 N–H and O–H groups in total. The largest absolute Gasteiger partial charge is 0.384 e. The highest BCUT2D eigenvalue weighted by molar-refractivity contribution is 9.09. The number of methoxy groups -OCH3 is 1. The Morgan fingerprint density at radius 3 is 2.56 bits per heavy atom. The van der Waals surface area contributed by atoms with Crippen LogP contribution in [0.1, 0.15) is 25.7 Å². The van der Waals surface area contributed by atoms with E-state index in [9.17, 15) is 8.42 Å². The Hall–Kier alpha value is 0.350. The second kappa shape index (κ2) is 6.33. The van der Waals surface area contributed by atoms with Gasteiger partial charge in [-0.3, -0.25) is 0 Å². The summed E-state index contributed by atoms with van der Waals surface area (Å²) in [5.41, 5.74) is 0. The van der Waals surface area contributed by atoms with Crippen molar-refractivity contribution in [2.75, 3.05) is 26.5 Å². The van der Waals surface area contributed by atoms with Crippen molar-refractivity contribution < 1.29 is 13.2 Å². The lowest BCUT2D eigenvalue weighted by Gasteiger charge is -2.34. The van der Waals surface area contributed by atoms with Gasteiger partial charge in [-0.25, -0.2) is 12.7 Å². The van der Waals surface area contributed by atoms with E-state index in [2.05, 4.69) is 15.9 Å².